The molecular formula is C18H28BrN3OSi. The molecule has 4 nitrogen and oxygen atoms in total. The molecule has 0 atom stereocenters. The first-order chi connectivity index (χ1) is 11.4. The van der Waals surface area contributed by atoms with Crippen LogP contribution in [0.3, 0.4) is 0 Å². The van der Waals surface area contributed by atoms with Gasteiger partial charge in [0, 0.05) is 19.2 Å². The average molecular weight is 410 g/mol. The molecule has 1 fully saturated rings. The van der Waals surface area contributed by atoms with E-state index in [4.69, 9.17) is 9.72 Å². The van der Waals surface area contributed by atoms with Gasteiger partial charge in [-0.25, -0.2) is 4.98 Å². The molecule has 0 saturated heterocycles. The van der Waals surface area contributed by atoms with Gasteiger partial charge in [-0.05, 0) is 65.5 Å². The number of hydrogen-bond donors (Lipinski definition) is 1. The van der Waals surface area contributed by atoms with Crippen molar-refractivity contribution in [2.75, 3.05) is 13.7 Å². The minimum Gasteiger partial charge on any atom is -0.361 e. The van der Waals surface area contributed by atoms with E-state index in [1.54, 1.807) is 0 Å². The highest BCUT2D eigenvalue weighted by molar-refractivity contribution is 9.10. The molecule has 0 aliphatic heterocycles. The molecule has 0 bridgehead atoms. The van der Waals surface area contributed by atoms with Crippen molar-refractivity contribution >= 4 is 35.0 Å². The third-order valence-electron chi connectivity index (χ3n) is 4.50. The molecule has 0 spiro atoms. The SMILES string of the molecule is CNCc1nc2cc(C3CC3)cc(Br)c2n1COCC[Si](C)(C)C. The molecule has 6 heteroatoms. The van der Waals surface area contributed by atoms with E-state index in [0.29, 0.717) is 6.73 Å². The summed E-state index contributed by atoms with van der Waals surface area (Å²) in [7, 11) is 0.901. The Morgan fingerprint density at radius 2 is 2.08 bits per heavy atom. The third kappa shape index (κ3) is 4.28. The Bertz CT molecular complexity index is 719. The number of aromatic nitrogens is 2. The second kappa shape index (κ2) is 7.28. The number of halogens is 1. The smallest absolute Gasteiger partial charge is 0.125 e. The fourth-order valence-corrected chi connectivity index (χ4v) is 4.34. The molecule has 1 aromatic heterocycles. The highest BCUT2D eigenvalue weighted by Gasteiger charge is 2.25. The predicted octanol–water partition coefficient (Wildman–Crippen LogP) is 4.71. The number of nitrogens with one attached hydrogen (secondary N) is 1. The molecule has 1 aliphatic rings. The number of benzene rings is 1. The van der Waals surface area contributed by atoms with Gasteiger partial charge < -0.3 is 14.6 Å². The van der Waals surface area contributed by atoms with Gasteiger partial charge >= 0.3 is 0 Å². The summed E-state index contributed by atoms with van der Waals surface area (Å²) in [5, 5.41) is 3.22. The second-order valence-corrected chi connectivity index (χ2v) is 14.5. The first-order valence-electron chi connectivity index (χ1n) is 8.80. The third-order valence-corrected chi connectivity index (χ3v) is 6.81. The maximum Gasteiger partial charge on any atom is 0.125 e. The maximum absolute atomic E-state index is 6.00. The quantitative estimate of drug-likeness (QED) is 0.506. The predicted molar refractivity (Wildman–Crippen MR) is 106 cm³/mol. The summed E-state index contributed by atoms with van der Waals surface area (Å²) in [6, 6.07) is 5.72. The summed E-state index contributed by atoms with van der Waals surface area (Å²) in [5.41, 5.74) is 3.64. The number of ether oxygens (including phenoxy) is 1. The zero-order valence-electron chi connectivity index (χ0n) is 15.2. The molecule has 1 heterocycles. The van der Waals surface area contributed by atoms with Gasteiger partial charge in [-0.1, -0.05) is 19.6 Å². The van der Waals surface area contributed by atoms with E-state index in [9.17, 15) is 0 Å². The fraction of sp³-hybridized carbons (Fsp3) is 0.611. The van der Waals surface area contributed by atoms with Crippen LogP contribution in [-0.2, 0) is 18.0 Å². The molecule has 0 unspecified atom stereocenters. The van der Waals surface area contributed by atoms with Crippen LogP contribution in [0.1, 0.15) is 30.1 Å². The molecule has 24 heavy (non-hydrogen) atoms. The van der Waals surface area contributed by atoms with E-state index >= 15 is 0 Å². The van der Waals surface area contributed by atoms with Gasteiger partial charge in [0.05, 0.1) is 17.6 Å². The molecule has 0 amide bonds. The van der Waals surface area contributed by atoms with Crippen LogP contribution >= 0.6 is 15.9 Å². The van der Waals surface area contributed by atoms with Crippen LogP contribution in [0.4, 0.5) is 0 Å². The Balaban J connectivity index is 1.85. The molecule has 1 aliphatic carbocycles. The number of hydrogen-bond acceptors (Lipinski definition) is 3. The monoisotopic (exact) mass is 409 g/mol. The lowest BCUT2D eigenvalue weighted by Gasteiger charge is -2.16. The molecular weight excluding hydrogens is 382 g/mol. The molecule has 132 valence electrons. The molecule has 1 aromatic carbocycles. The van der Waals surface area contributed by atoms with E-state index in [1.807, 2.05) is 7.05 Å². The van der Waals surface area contributed by atoms with Crippen molar-refractivity contribution in [3.8, 4) is 0 Å². The lowest BCUT2D eigenvalue weighted by molar-refractivity contribution is 0.0876. The highest BCUT2D eigenvalue weighted by atomic mass is 79.9. The highest BCUT2D eigenvalue weighted by Crippen LogP contribution is 2.42. The Morgan fingerprint density at radius 3 is 2.71 bits per heavy atom. The van der Waals surface area contributed by atoms with E-state index in [1.165, 1.54) is 24.4 Å². The van der Waals surface area contributed by atoms with Gasteiger partial charge in [-0.2, -0.15) is 0 Å². The summed E-state index contributed by atoms with van der Waals surface area (Å²) in [5.74, 6) is 1.77. The van der Waals surface area contributed by atoms with Crippen LogP contribution in [-0.4, -0.2) is 31.3 Å². The van der Waals surface area contributed by atoms with Crippen molar-refractivity contribution in [2.45, 2.75) is 57.7 Å². The molecule has 1 saturated carbocycles. The molecule has 1 N–H and O–H groups in total. The number of rotatable bonds is 8. The normalized spacial score (nSPS) is 15.4. The van der Waals surface area contributed by atoms with E-state index in [-0.39, 0.29) is 0 Å². The Labute approximate surface area is 154 Å². The van der Waals surface area contributed by atoms with Gasteiger partial charge in [-0.15, -0.1) is 0 Å². The van der Waals surface area contributed by atoms with Gasteiger partial charge in [0.1, 0.15) is 12.6 Å². The van der Waals surface area contributed by atoms with Crippen LogP contribution < -0.4 is 5.32 Å². The number of imidazole rings is 1. The van der Waals surface area contributed by atoms with Crippen LogP contribution in [0.15, 0.2) is 16.6 Å². The topological polar surface area (TPSA) is 39.1 Å². The zero-order valence-corrected chi connectivity index (χ0v) is 17.7. The van der Waals surface area contributed by atoms with Crippen molar-refractivity contribution < 1.29 is 4.74 Å². The summed E-state index contributed by atoms with van der Waals surface area (Å²) >= 11 is 3.77. The fourth-order valence-electron chi connectivity index (χ4n) is 2.90. The van der Waals surface area contributed by atoms with Crippen molar-refractivity contribution in [3.05, 3.63) is 28.0 Å². The largest absolute Gasteiger partial charge is 0.361 e. The van der Waals surface area contributed by atoms with E-state index < -0.39 is 8.07 Å². The van der Waals surface area contributed by atoms with Gasteiger partial charge in [0.15, 0.2) is 0 Å². The van der Waals surface area contributed by atoms with Crippen LogP contribution in [0.2, 0.25) is 25.7 Å². The standard InChI is InChI=1S/C18H28BrN3OSi/c1-20-11-17-21-16-10-14(13-5-6-13)9-15(19)18(16)22(17)12-23-7-8-24(2,3)4/h9-10,13,20H,5-8,11-12H2,1-4H3. The van der Waals surface area contributed by atoms with Gasteiger partial charge in [-0.3, -0.25) is 0 Å². The molecule has 3 rings (SSSR count). The molecule has 0 radical (unpaired) electrons. The van der Waals surface area contributed by atoms with Gasteiger partial charge in [0.2, 0.25) is 0 Å². The Morgan fingerprint density at radius 1 is 1.33 bits per heavy atom. The number of nitrogens with zero attached hydrogens (tertiary/aromatic N) is 2. The van der Waals surface area contributed by atoms with Gasteiger partial charge in [0.25, 0.3) is 0 Å². The van der Waals surface area contributed by atoms with Crippen molar-refractivity contribution in [1.29, 1.82) is 0 Å². The van der Waals surface area contributed by atoms with Crippen molar-refractivity contribution in [1.82, 2.24) is 14.9 Å². The number of fused-ring (bicyclic) bond motifs is 1. The lowest BCUT2D eigenvalue weighted by Crippen LogP contribution is -2.22. The zero-order chi connectivity index (χ0) is 17.3. The summed E-state index contributed by atoms with van der Waals surface area (Å²) in [4.78, 5) is 4.86. The van der Waals surface area contributed by atoms with Crippen molar-refractivity contribution in [2.24, 2.45) is 0 Å². The van der Waals surface area contributed by atoms with Crippen LogP contribution in [0, 0.1) is 0 Å². The van der Waals surface area contributed by atoms with Crippen molar-refractivity contribution in [3.63, 3.8) is 0 Å². The second-order valence-electron chi connectivity index (χ2n) is 7.98. The minimum absolute atomic E-state index is 0.569. The first-order valence-corrected chi connectivity index (χ1v) is 13.3. The summed E-state index contributed by atoms with van der Waals surface area (Å²) in [6.45, 7) is 9.28. The Kier molecular flexibility index (Phi) is 5.49. The average Bonchev–Trinajstić information content (AvgIpc) is 3.27. The van der Waals surface area contributed by atoms with Crippen LogP contribution in [0.25, 0.3) is 11.0 Å². The van der Waals surface area contributed by atoms with E-state index in [2.05, 4.69) is 57.6 Å². The maximum atomic E-state index is 6.00. The van der Waals surface area contributed by atoms with E-state index in [0.717, 1.165) is 40.4 Å². The summed E-state index contributed by atoms with van der Waals surface area (Å²) < 4.78 is 9.34. The lowest BCUT2D eigenvalue weighted by atomic mass is 10.1. The van der Waals surface area contributed by atoms with Crippen LogP contribution in [0.5, 0.6) is 0 Å². The summed E-state index contributed by atoms with van der Waals surface area (Å²) in [6.07, 6.45) is 2.61. The minimum atomic E-state index is -1.06. The first kappa shape index (κ1) is 18.1. The Hall–Kier alpha value is -0.693. The molecule has 2 aromatic rings.